The fourth-order valence-electron chi connectivity index (χ4n) is 6.84. The smallest absolute Gasteiger partial charge is 0.416 e. The average molecular weight is 639 g/mol. The zero-order valence-electron chi connectivity index (χ0n) is 26.6. The normalized spacial score (nSPS) is 18.1. The van der Waals surface area contributed by atoms with Crippen molar-refractivity contribution in [2.45, 2.75) is 57.4 Å². The Kier molecular flexibility index (Phi) is 10.4. The molecule has 1 amide bonds. The fraction of sp³-hybridized carbons (Fsp3) is 0.324. The van der Waals surface area contributed by atoms with E-state index in [2.05, 4.69) is 45.0 Å². The largest absolute Gasteiger partial charge is 0.444 e. The molecule has 8 nitrogen and oxygen atoms in total. The van der Waals surface area contributed by atoms with Crippen LogP contribution in [0.2, 0.25) is 5.04 Å². The third-order valence-electron chi connectivity index (χ3n) is 8.92. The molecule has 1 aliphatic heterocycles. The van der Waals surface area contributed by atoms with Crippen LogP contribution < -0.4 is 15.3 Å². The van der Waals surface area contributed by atoms with E-state index in [4.69, 9.17) is 9.16 Å². The lowest BCUT2D eigenvalue weighted by Gasteiger charge is -2.44. The number of amides is 1. The number of hydrogen-bond donors (Lipinski definition) is 1. The Morgan fingerprint density at radius 3 is 1.98 bits per heavy atom. The summed E-state index contributed by atoms with van der Waals surface area (Å²) in [6, 6.07) is 37.1. The lowest BCUT2D eigenvalue weighted by atomic mass is 9.77. The van der Waals surface area contributed by atoms with Crippen LogP contribution in [-0.2, 0) is 15.8 Å². The maximum atomic E-state index is 13.5. The molecule has 240 valence electrons. The summed E-state index contributed by atoms with van der Waals surface area (Å²) >= 11 is 0. The van der Waals surface area contributed by atoms with Gasteiger partial charge in [0, 0.05) is 17.4 Å². The zero-order chi connectivity index (χ0) is 32.7. The van der Waals surface area contributed by atoms with Crippen LogP contribution in [0.3, 0.4) is 0 Å². The van der Waals surface area contributed by atoms with Gasteiger partial charge in [0.1, 0.15) is 12.8 Å². The van der Waals surface area contributed by atoms with Gasteiger partial charge in [-0.05, 0) is 45.4 Å². The molecule has 46 heavy (non-hydrogen) atoms. The van der Waals surface area contributed by atoms with Crippen LogP contribution in [0, 0.1) is 16.0 Å². The summed E-state index contributed by atoms with van der Waals surface area (Å²) in [6.07, 6.45) is -1.06. The van der Waals surface area contributed by atoms with E-state index in [0.29, 0.717) is 30.7 Å². The maximum absolute atomic E-state index is 13.5. The number of anilines is 1. The van der Waals surface area contributed by atoms with Crippen molar-refractivity contribution in [1.82, 2.24) is 0 Å². The molecule has 9 heteroatoms. The van der Waals surface area contributed by atoms with Gasteiger partial charge in [-0.3, -0.25) is 15.0 Å². The fourth-order valence-corrected chi connectivity index (χ4v) is 11.4. The van der Waals surface area contributed by atoms with Gasteiger partial charge >= 0.3 is 6.09 Å². The van der Waals surface area contributed by atoms with Gasteiger partial charge < -0.3 is 14.3 Å². The molecule has 5 rings (SSSR count). The molecule has 4 aromatic carbocycles. The molecule has 0 unspecified atom stereocenters. The van der Waals surface area contributed by atoms with Crippen molar-refractivity contribution < 1.29 is 24.0 Å². The second-order valence-corrected chi connectivity index (χ2v) is 17.1. The van der Waals surface area contributed by atoms with Gasteiger partial charge in [0.15, 0.2) is 0 Å². The highest BCUT2D eigenvalue weighted by atomic mass is 28.4. The van der Waals surface area contributed by atoms with Crippen molar-refractivity contribution in [3.05, 3.63) is 137 Å². The van der Waals surface area contributed by atoms with E-state index in [1.54, 1.807) is 24.3 Å². The molecule has 0 radical (unpaired) electrons. The van der Waals surface area contributed by atoms with Crippen LogP contribution in [0.15, 0.2) is 115 Å². The highest BCUT2D eigenvalue weighted by Crippen LogP contribution is 2.44. The van der Waals surface area contributed by atoms with Gasteiger partial charge in [-0.1, -0.05) is 130 Å². The monoisotopic (exact) mass is 638 g/mol. The molecular weight excluding hydrogens is 597 g/mol. The van der Waals surface area contributed by atoms with Crippen molar-refractivity contribution in [3.63, 3.8) is 0 Å². The van der Waals surface area contributed by atoms with E-state index in [1.165, 1.54) is 15.3 Å². The highest BCUT2D eigenvalue weighted by Gasteiger charge is 2.50. The Morgan fingerprint density at radius 2 is 1.41 bits per heavy atom. The minimum absolute atomic E-state index is 0.0420. The van der Waals surface area contributed by atoms with Gasteiger partial charge in [0.05, 0.1) is 11.6 Å². The molecule has 1 N–H and O–H groups in total. The molecule has 0 bridgehead atoms. The predicted octanol–water partition coefficient (Wildman–Crippen LogP) is 6.50. The summed E-state index contributed by atoms with van der Waals surface area (Å²) in [4.78, 5) is 26.3. The summed E-state index contributed by atoms with van der Waals surface area (Å²) in [5.41, 5.74) is 1.90. The number of ether oxygens (including phenoxy) is 1. The number of nitro groups is 1. The van der Waals surface area contributed by atoms with Crippen molar-refractivity contribution in [3.8, 4) is 0 Å². The molecule has 0 aromatic heterocycles. The van der Waals surface area contributed by atoms with E-state index in [1.807, 2.05) is 66.7 Å². The first kappa shape index (κ1) is 33.1. The summed E-state index contributed by atoms with van der Waals surface area (Å²) in [6.45, 7) is 6.72. The second kappa shape index (κ2) is 14.4. The van der Waals surface area contributed by atoms with Crippen LogP contribution in [0.4, 0.5) is 10.5 Å². The zero-order valence-corrected chi connectivity index (χ0v) is 27.6. The maximum Gasteiger partial charge on any atom is 0.416 e. The van der Waals surface area contributed by atoms with Crippen molar-refractivity contribution >= 4 is 30.5 Å². The lowest BCUT2D eigenvalue weighted by molar-refractivity contribution is -0.485. The van der Waals surface area contributed by atoms with Gasteiger partial charge in [0.25, 0.3) is 8.32 Å². The number of aliphatic hydroxyl groups excluding tert-OH is 1. The van der Waals surface area contributed by atoms with Crippen molar-refractivity contribution in [2.75, 3.05) is 18.1 Å². The predicted molar refractivity (Wildman–Crippen MR) is 182 cm³/mol. The Labute approximate surface area is 271 Å². The molecule has 0 fully saturated rings. The van der Waals surface area contributed by atoms with E-state index in [9.17, 15) is 20.0 Å². The van der Waals surface area contributed by atoms with E-state index in [0.717, 1.165) is 5.56 Å². The van der Waals surface area contributed by atoms with E-state index in [-0.39, 0.29) is 23.1 Å². The second-order valence-electron chi connectivity index (χ2n) is 12.8. The van der Waals surface area contributed by atoms with Crippen LogP contribution in [0.1, 0.15) is 50.7 Å². The average Bonchev–Trinajstić information content (AvgIpc) is 3.05. The molecule has 1 heterocycles. The Morgan fingerprint density at radius 1 is 0.870 bits per heavy atom. The number of carbonyl (C=O) groups is 1. The SMILES string of the molecule is CC(C)(C)[Si](OCCC[C@@H]1[C@H](C[N+](=O)[O-])c2ccccc2N(C(=O)OCc2ccccc2)[C@H]1O)(c1ccccc1)c1ccccc1. The minimum Gasteiger partial charge on any atom is -0.444 e. The number of para-hydroxylation sites is 1. The Hall–Kier alpha value is -4.31. The van der Waals surface area contributed by atoms with Gasteiger partial charge in [0.2, 0.25) is 6.54 Å². The lowest BCUT2D eigenvalue weighted by Crippen LogP contribution is -2.66. The number of nitrogens with zero attached hydrogens (tertiary/aromatic N) is 2. The van der Waals surface area contributed by atoms with Gasteiger partial charge in [-0.15, -0.1) is 0 Å². The number of aliphatic hydroxyl groups is 1. The first-order valence-corrected chi connectivity index (χ1v) is 17.7. The topological polar surface area (TPSA) is 102 Å². The third kappa shape index (κ3) is 6.91. The van der Waals surface area contributed by atoms with Gasteiger partial charge in [-0.25, -0.2) is 4.79 Å². The number of carbonyl (C=O) groups excluding carboxylic acids is 1. The molecular formula is C37H42N2O6Si. The van der Waals surface area contributed by atoms with E-state index >= 15 is 0 Å². The van der Waals surface area contributed by atoms with Crippen LogP contribution in [0.25, 0.3) is 0 Å². The highest BCUT2D eigenvalue weighted by molar-refractivity contribution is 6.99. The Balaban J connectivity index is 1.41. The summed E-state index contributed by atoms with van der Waals surface area (Å²) in [7, 11) is -2.78. The van der Waals surface area contributed by atoms with Gasteiger partial charge in [-0.2, -0.15) is 0 Å². The number of fused-ring (bicyclic) bond motifs is 1. The Bertz CT molecular complexity index is 1560. The summed E-state index contributed by atoms with van der Waals surface area (Å²) in [5.74, 6) is -1.19. The molecule has 0 saturated heterocycles. The number of rotatable bonds is 11. The van der Waals surface area contributed by atoms with Crippen molar-refractivity contribution in [2.24, 2.45) is 5.92 Å². The van der Waals surface area contributed by atoms with Crippen molar-refractivity contribution in [1.29, 1.82) is 0 Å². The standard InChI is InChI=1S/C37H42N2O6Si/c1-37(2,3)46(29-18-9-5-10-19-29,30-20-11-6-12-21-30)45-25-15-23-32-33(26-38(42)43)31-22-13-14-24-34(31)39(35(32)40)36(41)44-27-28-16-7-4-8-17-28/h4-14,16-22,24,32-33,35,40H,15,23,25-27H2,1-3H3/t32-,33-,35+/m1/s1. The first-order valence-electron chi connectivity index (χ1n) is 15.8. The molecule has 4 aromatic rings. The summed E-state index contributed by atoms with van der Waals surface area (Å²) < 4.78 is 12.7. The van der Waals surface area contributed by atoms with Crippen LogP contribution in [0.5, 0.6) is 0 Å². The number of benzene rings is 4. The summed E-state index contributed by atoms with van der Waals surface area (Å²) in [5, 5.41) is 25.8. The molecule has 0 saturated carbocycles. The van der Waals surface area contributed by atoms with Crippen LogP contribution in [-0.4, -0.2) is 43.8 Å². The molecule has 0 aliphatic carbocycles. The first-order chi connectivity index (χ1) is 22.1. The molecule has 0 spiro atoms. The molecule has 3 atom stereocenters. The minimum atomic E-state index is -2.78. The quantitative estimate of drug-likeness (QED) is 0.0872. The van der Waals surface area contributed by atoms with E-state index < -0.39 is 32.5 Å². The molecule has 1 aliphatic rings. The number of hydrogen-bond acceptors (Lipinski definition) is 6. The third-order valence-corrected chi connectivity index (χ3v) is 14.0. The van der Waals surface area contributed by atoms with Crippen LogP contribution >= 0.6 is 0 Å².